The molecular formula is C17H23FN4O2. The number of amides is 4. The van der Waals surface area contributed by atoms with Gasteiger partial charge in [-0.15, -0.1) is 0 Å². The predicted molar refractivity (Wildman–Crippen MR) is 88.2 cm³/mol. The van der Waals surface area contributed by atoms with Gasteiger partial charge in [0, 0.05) is 25.7 Å². The first-order valence-corrected chi connectivity index (χ1v) is 8.45. The van der Waals surface area contributed by atoms with Crippen LogP contribution < -0.4 is 16.0 Å². The number of carbonyl (C=O) groups excluding carboxylic acids is 2. The molecular weight excluding hydrogens is 311 g/mol. The summed E-state index contributed by atoms with van der Waals surface area (Å²) in [7, 11) is 0. The highest BCUT2D eigenvalue weighted by Crippen LogP contribution is 2.31. The van der Waals surface area contributed by atoms with E-state index < -0.39 is 0 Å². The first kappa shape index (κ1) is 16.5. The zero-order valence-electron chi connectivity index (χ0n) is 13.8. The number of nitrogens with zero attached hydrogens (tertiary/aromatic N) is 1. The average molecular weight is 334 g/mol. The molecule has 6 nitrogen and oxygen atoms in total. The van der Waals surface area contributed by atoms with Crippen molar-refractivity contribution in [2.24, 2.45) is 0 Å². The van der Waals surface area contributed by atoms with E-state index in [2.05, 4.69) is 16.0 Å². The van der Waals surface area contributed by atoms with Gasteiger partial charge >= 0.3 is 12.1 Å². The molecule has 0 spiro atoms. The summed E-state index contributed by atoms with van der Waals surface area (Å²) in [5, 5.41) is 8.59. The number of fused-ring (bicyclic) bond motifs is 1. The van der Waals surface area contributed by atoms with Crippen LogP contribution >= 0.6 is 0 Å². The summed E-state index contributed by atoms with van der Waals surface area (Å²) in [5.74, 6) is -0.281. The van der Waals surface area contributed by atoms with Crippen molar-refractivity contribution in [1.29, 1.82) is 0 Å². The number of hydrogen-bond acceptors (Lipinski definition) is 2. The molecule has 1 fully saturated rings. The lowest BCUT2D eigenvalue weighted by atomic mass is 10.1. The SMILES string of the molecule is CCNC(=O)N1CC[C@@H](NC(=O)N[C@H]2CCc3ccc(F)cc32)C1. The van der Waals surface area contributed by atoms with Crippen LogP contribution in [0.15, 0.2) is 18.2 Å². The van der Waals surface area contributed by atoms with Crippen molar-refractivity contribution < 1.29 is 14.0 Å². The van der Waals surface area contributed by atoms with E-state index >= 15 is 0 Å². The van der Waals surface area contributed by atoms with Gasteiger partial charge in [-0.25, -0.2) is 14.0 Å². The standard InChI is InChI=1S/C17H23FN4O2/c1-2-19-17(24)22-8-7-13(10-22)20-16(23)21-15-6-4-11-3-5-12(18)9-14(11)15/h3,5,9,13,15H,2,4,6-8,10H2,1H3,(H,19,24)(H2,20,21,23)/t13-,15+/m1/s1. The number of halogens is 1. The van der Waals surface area contributed by atoms with Crippen LogP contribution in [-0.4, -0.2) is 42.6 Å². The molecule has 24 heavy (non-hydrogen) atoms. The largest absolute Gasteiger partial charge is 0.338 e. The Morgan fingerprint density at radius 2 is 2.12 bits per heavy atom. The molecule has 3 rings (SSSR count). The lowest BCUT2D eigenvalue weighted by Gasteiger charge is -2.19. The Kier molecular flexibility index (Phi) is 4.87. The highest BCUT2D eigenvalue weighted by molar-refractivity contribution is 5.76. The van der Waals surface area contributed by atoms with Crippen molar-refractivity contribution in [3.8, 4) is 0 Å². The van der Waals surface area contributed by atoms with Crippen LogP contribution in [0.4, 0.5) is 14.0 Å². The normalized spacial score (nSPS) is 22.2. The Morgan fingerprint density at radius 3 is 2.92 bits per heavy atom. The maximum absolute atomic E-state index is 13.4. The van der Waals surface area contributed by atoms with Gasteiger partial charge in [-0.3, -0.25) is 0 Å². The number of hydrogen-bond donors (Lipinski definition) is 3. The highest BCUT2D eigenvalue weighted by Gasteiger charge is 2.29. The zero-order valence-corrected chi connectivity index (χ0v) is 13.8. The molecule has 3 N–H and O–H groups in total. The Bertz CT molecular complexity index is 637. The van der Waals surface area contributed by atoms with Crippen LogP contribution in [0, 0.1) is 5.82 Å². The fraction of sp³-hybridized carbons (Fsp3) is 0.529. The minimum atomic E-state index is -0.281. The summed E-state index contributed by atoms with van der Waals surface area (Å²) in [6, 6.07) is 4.17. The maximum Gasteiger partial charge on any atom is 0.317 e. The number of rotatable bonds is 3. The molecule has 0 bridgehead atoms. The number of nitrogens with one attached hydrogen (secondary N) is 3. The van der Waals surface area contributed by atoms with Crippen molar-refractivity contribution >= 4 is 12.1 Å². The molecule has 1 aliphatic heterocycles. The molecule has 1 aromatic carbocycles. The van der Waals surface area contributed by atoms with Crippen LogP contribution in [0.25, 0.3) is 0 Å². The predicted octanol–water partition coefficient (Wildman–Crippen LogP) is 1.92. The highest BCUT2D eigenvalue weighted by atomic mass is 19.1. The molecule has 1 heterocycles. The Hall–Kier alpha value is -2.31. The van der Waals surface area contributed by atoms with Crippen molar-refractivity contribution in [3.63, 3.8) is 0 Å². The second-order valence-electron chi connectivity index (χ2n) is 6.32. The van der Waals surface area contributed by atoms with E-state index in [1.54, 1.807) is 11.0 Å². The topological polar surface area (TPSA) is 73.5 Å². The lowest BCUT2D eigenvalue weighted by molar-refractivity contribution is 0.207. The summed E-state index contributed by atoms with van der Waals surface area (Å²) in [4.78, 5) is 25.7. The Balaban J connectivity index is 1.51. The third kappa shape index (κ3) is 3.60. The average Bonchev–Trinajstić information content (AvgIpc) is 3.15. The minimum absolute atomic E-state index is 0.0546. The summed E-state index contributed by atoms with van der Waals surface area (Å²) >= 11 is 0. The molecule has 0 aromatic heterocycles. The molecule has 1 saturated heterocycles. The quantitative estimate of drug-likeness (QED) is 0.790. The number of carbonyl (C=O) groups is 2. The van der Waals surface area contributed by atoms with Gasteiger partial charge in [0.05, 0.1) is 6.04 Å². The zero-order chi connectivity index (χ0) is 17.1. The minimum Gasteiger partial charge on any atom is -0.338 e. The summed E-state index contributed by atoms with van der Waals surface area (Å²) in [6.45, 7) is 3.61. The molecule has 0 saturated carbocycles. The molecule has 1 aliphatic carbocycles. The monoisotopic (exact) mass is 334 g/mol. The van der Waals surface area contributed by atoms with E-state index in [0.29, 0.717) is 19.6 Å². The third-order valence-corrected chi connectivity index (χ3v) is 4.63. The van der Waals surface area contributed by atoms with E-state index in [-0.39, 0.29) is 30.0 Å². The van der Waals surface area contributed by atoms with E-state index in [9.17, 15) is 14.0 Å². The summed E-state index contributed by atoms with van der Waals surface area (Å²) < 4.78 is 13.4. The fourth-order valence-electron chi connectivity index (χ4n) is 3.43. The molecule has 0 radical (unpaired) electrons. The summed E-state index contributed by atoms with van der Waals surface area (Å²) in [5.41, 5.74) is 1.95. The van der Waals surface area contributed by atoms with E-state index in [1.165, 1.54) is 12.1 Å². The van der Waals surface area contributed by atoms with Gasteiger partial charge in [0.25, 0.3) is 0 Å². The van der Waals surface area contributed by atoms with Crippen molar-refractivity contribution in [2.75, 3.05) is 19.6 Å². The Morgan fingerprint density at radius 1 is 1.29 bits per heavy atom. The van der Waals surface area contributed by atoms with Gasteiger partial charge in [-0.2, -0.15) is 0 Å². The van der Waals surface area contributed by atoms with Crippen LogP contribution in [0.1, 0.15) is 36.9 Å². The Labute approximate surface area is 140 Å². The molecule has 2 atom stereocenters. The molecule has 0 unspecified atom stereocenters. The second-order valence-corrected chi connectivity index (χ2v) is 6.32. The van der Waals surface area contributed by atoms with Gasteiger partial charge in [0.15, 0.2) is 0 Å². The first-order chi connectivity index (χ1) is 11.6. The lowest BCUT2D eigenvalue weighted by Crippen LogP contribution is -2.45. The van der Waals surface area contributed by atoms with Gasteiger partial charge in [-0.05, 0) is 49.4 Å². The third-order valence-electron chi connectivity index (χ3n) is 4.63. The number of likely N-dealkylation sites (tertiary alicyclic amines) is 1. The smallest absolute Gasteiger partial charge is 0.317 e. The number of aryl methyl sites for hydroxylation is 1. The van der Waals surface area contributed by atoms with Crippen molar-refractivity contribution in [1.82, 2.24) is 20.9 Å². The number of urea groups is 2. The van der Waals surface area contributed by atoms with Gasteiger partial charge in [-0.1, -0.05) is 6.07 Å². The van der Waals surface area contributed by atoms with Crippen LogP contribution in [0.3, 0.4) is 0 Å². The molecule has 2 aliphatic rings. The second kappa shape index (κ2) is 7.07. The van der Waals surface area contributed by atoms with Gasteiger partial charge < -0.3 is 20.9 Å². The fourth-order valence-corrected chi connectivity index (χ4v) is 3.43. The van der Waals surface area contributed by atoms with Gasteiger partial charge in [0.1, 0.15) is 5.82 Å². The van der Waals surface area contributed by atoms with Crippen LogP contribution in [-0.2, 0) is 6.42 Å². The van der Waals surface area contributed by atoms with Crippen molar-refractivity contribution in [2.45, 2.75) is 38.3 Å². The van der Waals surface area contributed by atoms with E-state index in [0.717, 1.165) is 30.4 Å². The van der Waals surface area contributed by atoms with Crippen LogP contribution in [0.2, 0.25) is 0 Å². The molecule has 4 amide bonds. The van der Waals surface area contributed by atoms with Crippen molar-refractivity contribution in [3.05, 3.63) is 35.1 Å². The van der Waals surface area contributed by atoms with Crippen LogP contribution in [0.5, 0.6) is 0 Å². The molecule has 130 valence electrons. The maximum atomic E-state index is 13.4. The van der Waals surface area contributed by atoms with E-state index in [4.69, 9.17) is 0 Å². The first-order valence-electron chi connectivity index (χ1n) is 8.45. The number of benzene rings is 1. The summed E-state index contributed by atoms with van der Waals surface area (Å²) in [6.07, 6.45) is 2.36. The van der Waals surface area contributed by atoms with Gasteiger partial charge in [0.2, 0.25) is 0 Å². The molecule has 1 aromatic rings. The molecule has 7 heteroatoms. The van der Waals surface area contributed by atoms with E-state index in [1.807, 2.05) is 6.92 Å².